The Hall–Kier alpha value is -3.16. The molecule has 3 aromatic rings. The van der Waals surface area contributed by atoms with Gasteiger partial charge in [-0.2, -0.15) is 5.10 Å². The second kappa shape index (κ2) is 6.19. The first-order valence-corrected chi connectivity index (χ1v) is 9.51. The van der Waals surface area contributed by atoms with E-state index in [0.29, 0.717) is 30.6 Å². The lowest BCUT2D eigenvalue weighted by Crippen LogP contribution is -2.35. The fraction of sp³-hybridized carbons (Fsp3) is 0.400. The molecule has 0 spiro atoms. The first-order chi connectivity index (χ1) is 13.5. The number of para-hydroxylation sites is 2. The maximum atomic E-state index is 12.8. The maximum Gasteiger partial charge on any atom is 0.274 e. The van der Waals surface area contributed by atoms with Gasteiger partial charge in [-0.25, -0.2) is 9.67 Å². The second-order valence-corrected chi connectivity index (χ2v) is 7.78. The number of anilines is 1. The Morgan fingerprint density at radius 1 is 1.00 bits per heavy atom. The second-order valence-electron chi connectivity index (χ2n) is 7.78. The number of fused-ring (bicyclic) bond motifs is 2. The van der Waals surface area contributed by atoms with E-state index in [9.17, 15) is 9.59 Å². The van der Waals surface area contributed by atoms with Gasteiger partial charge >= 0.3 is 0 Å². The van der Waals surface area contributed by atoms with Gasteiger partial charge in [0.05, 0.1) is 11.0 Å². The van der Waals surface area contributed by atoms with Gasteiger partial charge in [0.15, 0.2) is 0 Å². The van der Waals surface area contributed by atoms with Crippen LogP contribution in [0.3, 0.4) is 0 Å². The number of rotatable bonds is 2. The van der Waals surface area contributed by atoms with E-state index in [1.54, 1.807) is 7.05 Å². The molecule has 0 bridgehead atoms. The monoisotopic (exact) mass is 378 g/mol. The molecule has 8 nitrogen and oxygen atoms in total. The largest absolute Gasteiger partial charge is 0.342 e. The summed E-state index contributed by atoms with van der Waals surface area (Å²) in [6.07, 6.45) is 0. The van der Waals surface area contributed by atoms with Gasteiger partial charge in [-0.1, -0.05) is 12.1 Å². The van der Waals surface area contributed by atoms with E-state index in [0.717, 1.165) is 30.1 Å². The van der Waals surface area contributed by atoms with E-state index in [1.165, 1.54) is 16.8 Å². The highest BCUT2D eigenvalue weighted by Crippen LogP contribution is 2.34. The van der Waals surface area contributed by atoms with Crippen LogP contribution in [0.25, 0.3) is 11.0 Å². The summed E-state index contributed by atoms with van der Waals surface area (Å²) < 4.78 is 3.35. The molecule has 144 valence electrons. The third-order valence-corrected chi connectivity index (χ3v) is 6.00. The first kappa shape index (κ1) is 17.0. The molecular formula is C20H22N6O2. The van der Waals surface area contributed by atoms with Crippen molar-refractivity contribution in [1.82, 2.24) is 24.2 Å². The van der Waals surface area contributed by atoms with Crippen LogP contribution in [0, 0.1) is 11.8 Å². The van der Waals surface area contributed by atoms with Crippen LogP contribution in [0.1, 0.15) is 10.5 Å². The number of hydrogen-bond donors (Lipinski definition) is 0. The zero-order valence-corrected chi connectivity index (χ0v) is 15.9. The Bertz CT molecular complexity index is 1120. The standard InChI is InChI=1S/C20H22N6O2/c1-23-17-6-4-3-5-15(17)21-20(23)26-11-13-9-25(10-14(13)12-26)19(28)16-7-8-18(27)24(2)22-16/h3-8,13-14H,9-12H2,1-2H3. The molecule has 2 fully saturated rings. The third-order valence-electron chi connectivity index (χ3n) is 6.00. The summed E-state index contributed by atoms with van der Waals surface area (Å²) in [6.45, 7) is 3.22. The summed E-state index contributed by atoms with van der Waals surface area (Å²) in [5.41, 5.74) is 2.25. The molecule has 1 aromatic carbocycles. The van der Waals surface area contributed by atoms with Crippen molar-refractivity contribution in [3.63, 3.8) is 0 Å². The molecule has 0 saturated carbocycles. The lowest BCUT2D eigenvalue weighted by Gasteiger charge is -2.22. The summed E-state index contributed by atoms with van der Waals surface area (Å²) in [4.78, 5) is 33.3. The van der Waals surface area contributed by atoms with Gasteiger partial charge in [0, 0.05) is 58.2 Å². The zero-order chi connectivity index (χ0) is 19.4. The fourth-order valence-electron chi connectivity index (χ4n) is 4.52. The van der Waals surface area contributed by atoms with Gasteiger partial charge in [0.1, 0.15) is 5.69 Å². The van der Waals surface area contributed by atoms with Crippen molar-refractivity contribution < 1.29 is 4.79 Å². The van der Waals surface area contributed by atoms with Crippen LogP contribution in [-0.2, 0) is 14.1 Å². The number of amides is 1. The van der Waals surface area contributed by atoms with Gasteiger partial charge < -0.3 is 14.4 Å². The zero-order valence-electron chi connectivity index (χ0n) is 15.9. The summed E-state index contributed by atoms with van der Waals surface area (Å²) in [5.74, 6) is 1.75. The molecule has 0 N–H and O–H groups in total. The van der Waals surface area contributed by atoms with Gasteiger partial charge in [-0.3, -0.25) is 9.59 Å². The minimum absolute atomic E-state index is 0.0979. The molecular weight excluding hydrogens is 356 g/mol. The molecule has 0 aliphatic carbocycles. The number of aryl methyl sites for hydroxylation is 2. The minimum atomic E-state index is -0.215. The van der Waals surface area contributed by atoms with Crippen molar-refractivity contribution in [2.75, 3.05) is 31.1 Å². The highest BCUT2D eigenvalue weighted by Gasteiger charge is 2.43. The molecule has 2 aliphatic rings. The average Bonchev–Trinajstić information content (AvgIpc) is 3.35. The Balaban J connectivity index is 1.32. The van der Waals surface area contributed by atoms with Crippen LogP contribution < -0.4 is 10.5 Å². The molecule has 2 atom stereocenters. The van der Waals surface area contributed by atoms with Crippen molar-refractivity contribution in [3.05, 3.63) is 52.4 Å². The van der Waals surface area contributed by atoms with Gasteiger partial charge in [-0.05, 0) is 18.2 Å². The van der Waals surface area contributed by atoms with E-state index in [1.807, 2.05) is 23.1 Å². The number of carbonyl (C=O) groups is 1. The summed E-state index contributed by atoms with van der Waals surface area (Å²) in [5, 5.41) is 4.10. The summed E-state index contributed by atoms with van der Waals surface area (Å²) in [7, 11) is 3.62. The van der Waals surface area contributed by atoms with Crippen molar-refractivity contribution in [2.45, 2.75) is 0 Å². The normalized spacial score (nSPS) is 21.5. The molecule has 2 aromatic heterocycles. The van der Waals surface area contributed by atoms with E-state index in [2.05, 4.69) is 27.7 Å². The van der Waals surface area contributed by atoms with Gasteiger partial charge in [0.25, 0.3) is 11.5 Å². The van der Waals surface area contributed by atoms with Crippen LogP contribution in [0.15, 0.2) is 41.2 Å². The summed E-state index contributed by atoms with van der Waals surface area (Å²) in [6, 6.07) is 11.1. The predicted molar refractivity (Wildman–Crippen MR) is 105 cm³/mol. The SMILES string of the molecule is Cn1nc(C(=O)N2CC3CN(c4nc5ccccc5n4C)CC3C2)ccc1=O. The number of imidazole rings is 1. The van der Waals surface area contributed by atoms with Crippen LogP contribution in [0.5, 0.6) is 0 Å². The summed E-state index contributed by atoms with van der Waals surface area (Å²) >= 11 is 0. The number of likely N-dealkylation sites (tertiary alicyclic amines) is 1. The molecule has 0 radical (unpaired) electrons. The number of nitrogens with zero attached hydrogens (tertiary/aromatic N) is 6. The van der Waals surface area contributed by atoms with E-state index >= 15 is 0 Å². The van der Waals surface area contributed by atoms with Crippen molar-refractivity contribution in [2.24, 2.45) is 25.9 Å². The molecule has 4 heterocycles. The molecule has 2 saturated heterocycles. The highest BCUT2D eigenvalue weighted by atomic mass is 16.2. The van der Waals surface area contributed by atoms with E-state index < -0.39 is 0 Å². The fourth-order valence-corrected chi connectivity index (χ4v) is 4.52. The Morgan fingerprint density at radius 2 is 1.71 bits per heavy atom. The molecule has 2 unspecified atom stereocenters. The van der Waals surface area contributed by atoms with E-state index in [4.69, 9.17) is 4.98 Å². The van der Waals surface area contributed by atoms with Crippen LogP contribution in [0.4, 0.5) is 5.95 Å². The Labute approximate surface area is 162 Å². The van der Waals surface area contributed by atoms with Gasteiger partial charge in [0.2, 0.25) is 5.95 Å². The number of aromatic nitrogens is 4. The molecule has 8 heteroatoms. The topological polar surface area (TPSA) is 76.3 Å². The van der Waals surface area contributed by atoms with Crippen molar-refractivity contribution in [1.29, 1.82) is 0 Å². The number of benzene rings is 1. The molecule has 5 rings (SSSR count). The molecule has 2 aliphatic heterocycles. The van der Waals surface area contributed by atoms with E-state index in [-0.39, 0.29) is 11.5 Å². The third kappa shape index (κ3) is 2.59. The van der Waals surface area contributed by atoms with Gasteiger partial charge in [-0.15, -0.1) is 0 Å². The Morgan fingerprint density at radius 3 is 2.39 bits per heavy atom. The van der Waals surface area contributed by atoms with Crippen LogP contribution >= 0.6 is 0 Å². The Kier molecular flexibility index (Phi) is 3.75. The number of carbonyl (C=O) groups excluding carboxylic acids is 1. The van der Waals surface area contributed by atoms with Crippen LogP contribution in [-0.4, -0.2) is 56.3 Å². The average molecular weight is 378 g/mol. The van der Waals surface area contributed by atoms with Crippen molar-refractivity contribution >= 4 is 22.9 Å². The first-order valence-electron chi connectivity index (χ1n) is 9.51. The predicted octanol–water partition coefficient (Wildman–Crippen LogP) is 0.875. The quantitative estimate of drug-likeness (QED) is 0.662. The maximum absolute atomic E-state index is 12.8. The molecule has 1 amide bonds. The lowest BCUT2D eigenvalue weighted by molar-refractivity contribution is 0.0774. The lowest BCUT2D eigenvalue weighted by atomic mass is 10.0. The smallest absolute Gasteiger partial charge is 0.274 e. The number of hydrogen-bond acceptors (Lipinski definition) is 5. The van der Waals surface area contributed by atoms with Crippen molar-refractivity contribution in [3.8, 4) is 0 Å². The molecule has 28 heavy (non-hydrogen) atoms. The van der Waals surface area contributed by atoms with Crippen LogP contribution in [0.2, 0.25) is 0 Å². The highest BCUT2D eigenvalue weighted by molar-refractivity contribution is 5.92. The minimum Gasteiger partial charge on any atom is -0.342 e.